The summed E-state index contributed by atoms with van der Waals surface area (Å²) in [7, 11) is 3.39. The molecule has 0 bridgehead atoms. The first-order valence-electron chi connectivity index (χ1n) is 6.83. The average molecular weight is 298 g/mol. The molecule has 114 valence electrons. The van der Waals surface area contributed by atoms with Crippen molar-refractivity contribution in [1.29, 1.82) is 0 Å². The first-order valence-corrected chi connectivity index (χ1v) is 6.83. The number of benzene rings is 1. The third-order valence-electron chi connectivity index (χ3n) is 2.97. The Kier molecular flexibility index (Phi) is 4.78. The lowest BCUT2D eigenvalue weighted by Crippen LogP contribution is -2.21. The molecule has 2 rings (SSSR count). The van der Waals surface area contributed by atoms with Gasteiger partial charge in [0.05, 0.1) is 0 Å². The van der Waals surface area contributed by atoms with Gasteiger partial charge >= 0.3 is 0 Å². The van der Waals surface area contributed by atoms with E-state index >= 15 is 0 Å². The van der Waals surface area contributed by atoms with Crippen LogP contribution in [0, 0.1) is 6.92 Å². The van der Waals surface area contributed by atoms with Gasteiger partial charge in [0, 0.05) is 31.4 Å². The van der Waals surface area contributed by atoms with Gasteiger partial charge in [-0.1, -0.05) is 0 Å². The van der Waals surface area contributed by atoms with Crippen LogP contribution in [-0.2, 0) is 4.79 Å². The second-order valence-electron chi connectivity index (χ2n) is 5.05. The zero-order valence-corrected chi connectivity index (χ0v) is 12.8. The van der Waals surface area contributed by atoms with Crippen molar-refractivity contribution in [1.82, 2.24) is 4.90 Å². The zero-order chi connectivity index (χ0) is 16.1. The van der Waals surface area contributed by atoms with Crippen molar-refractivity contribution >= 4 is 23.6 Å². The van der Waals surface area contributed by atoms with Gasteiger partial charge in [-0.3, -0.25) is 9.59 Å². The van der Waals surface area contributed by atoms with Gasteiger partial charge in [0.25, 0.3) is 5.91 Å². The summed E-state index contributed by atoms with van der Waals surface area (Å²) in [4.78, 5) is 25.1. The average Bonchev–Trinajstić information content (AvgIpc) is 2.91. The lowest BCUT2D eigenvalue weighted by molar-refractivity contribution is -0.111. The summed E-state index contributed by atoms with van der Waals surface area (Å²) in [6, 6.07) is 10.4. The first-order chi connectivity index (χ1) is 10.5. The van der Waals surface area contributed by atoms with Crippen LogP contribution >= 0.6 is 0 Å². The lowest BCUT2D eigenvalue weighted by Gasteiger charge is -2.10. The number of amides is 2. The van der Waals surface area contributed by atoms with Gasteiger partial charge in [-0.15, -0.1) is 0 Å². The number of carbonyl (C=O) groups is 2. The fourth-order valence-corrected chi connectivity index (χ4v) is 1.84. The largest absolute Gasteiger partial charge is 0.462 e. The SMILES string of the molecule is Cc1ccc(C=CC(=O)Nc2ccc(C(=O)N(C)C)cc2)o1. The van der Waals surface area contributed by atoms with Gasteiger partial charge in [0.2, 0.25) is 5.91 Å². The molecule has 0 aliphatic rings. The molecule has 22 heavy (non-hydrogen) atoms. The van der Waals surface area contributed by atoms with Gasteiger partial charge < -0.3 is 14.6 Å². The first kappa shape index (κ1) is 15.6. The Balaban J connectivity index is 1.97. The van der Waals surface area contributed by atoms with Crippen LogP contribution < -0.4 is 5.32 Å². The maximum absolute atomic E-state index is 11.8. The highest BCUT2D eigenvalue weighted by atomic mass is 16.3. The number of hydrogen-bond donors (Lipinski definition) is 1. The van der Waals surface area contributed by atoms with Crippen LogP contribution in [0.25, 0.3) is 6.08 Å². The Hall–Kier alpha value is -2.82. The number of nitrogens with zero attached hydrogens (tertiary/aromatic N) is 1. The number of carbonyl (C=O) groups excluding carboxylic acids is 2. The van der Waals surface area contributed by atoms with E-state index in [4.69, 9.17) is 4.42 Å². The second-order valence-corrected chi connectivity index (χ2v) is 5.05. The van der Waals surface area contributed by atoms with E-state index in [1.165, 1.54) is 11.0 Å². The highest BCUT2D eigenvalue weighted by Crippen LogP contribution is 2.12. The molecular weight excluding hydrogens is 280 g/mol. The summed E-state index contributed by atoms with van der Waals surface area (Å²) in [5.41, 5.74) is 1.20. The molecule has 0 unspecified atom stereocenters. The number of furan rings is 1. The van der Waals surface area contributed by atoms with Crippen molar-refractivity contribution in [3.63, 3.8) is 0 Å². The number of hydrogen-bond acceptors (Lipinski definition) is 3. The molecule has 1 aromatic carbocycles. The minimum absolute atomic E-state index is 0.0778. The van der Waals surface area contributed by atoms with E-state index in [1.54, 1.807) is 50.5 Å². The molecule has 0 saturated carbocycles. The molecule has 0 aliphatic heterocycles. The van der Waals surface area contributed by atoms with Gasteiger partial charge in [-0.05, 0) is 49.4 Å². The summed E-state index contributed by atoms with van der Waals surface area (Å²) >= 11 is 0. The summed E-state index contributed by atoms with van der Waals surface area (Å²) in [5, 5.41) is 2.72. The quantitative estimate of drug-likeness (QED) is 0.883. The molecule has 0 spiro atoms. The van der Waals surface area contributed by atoms with Crippen molar-refractivity contribution in [2.75, 3.05) is 19.4 Å². The Morgan fingerprint density at radius 2 is 1.77 bits per heavy atom. The molecule has 2 amide bonds. The van der Waals surface area contributed by atoms with E-state index in [0.29, 0.717) is 17.0 Å². The summed E-state index contributed by atoms with van der Waals surface area (Å²) in [5.74, 6) is 1.08. The Morgan fingerprint density at radius 1 is 1.09 bits per heavy atom. The predicted molar refractivity (Wildman–Crippen MR) is 85.6 cm³/mol. The third kappa shape index (κ3) is 4.09. The maximum Gasteiger partial charge on any atom is 0.253 e. The van der Waals surface area contributed by atoms with Crippen LogP contribution in [0.2, 0.25) is 0 Å². The molecular formula is C17H18N2O3. The van der Waals surface area contributed by atoms with E-state index in [-0.39, 0.29) is 11.8 Å². The van der Waals surface area contributed by atoms with Crippen LogP contribution in [0.3, 0.4) is 0 Å². The zero-order valence-electron chi connectivity index (χ0n) is 12.8. The highest BCUT2D eigenvalue weighted by Gasteiger charge is 2.07. The van der Waals surface area contributed by atoms with Crippen molar-refractivity contribution in [3.05, 3.63) is 59.6 Å². The van der Waals surface area contributed by atoms with Crippen LogP contribution in [0.1, 0.15) is 21.9 Å². The van der Waals surface area contributed by atoms with E-state index in [0.717, 1.165) is 5.76 Å². The third-order valence-corrected chi connectivity index (χ3v) is 2.97. The normalized spacial score (nSPS) is 10.7. The Morgan fingerprint density at radius 3 is 2.32 bits per heavy atom. The summed E-state index contributed by atoms with van der Waals surface area (Å²) in [6.07, 6.45) is 3.00. The van der Waals surface area contributed by atoms with Crippen LogP contribution in [0.4, 0.5) is 5.69 Å². The summed E-state index contributed by atoms with van der Waals surface area (Å²) in [6.45, 7) is 1.84. The topological polar surface area (TPSA) is 62.6 Å². The predicted octanol–water partition coefficient (Wildman–Crippen LogP) is 2.94. The molecule has 2 aromatic rings. The van der Waals surface area contributed by atoms with Crippen LogP contribution in [-0.4, -0.2) is 30.8 Å². The number of nitrogens with one attached hydrogen (secondary N) is 1. The number of aryl methyl sites for hydroxylation is 1. The minimum atomic E-state index is -0.263. The minimum Gasteiger partial charge on any atom is -0.462 e. The monoisotopic (exact) mass is 298 g/mol. The molecule has 0 fully saturated rings. The van der Waals surface area contributed by atoms with Crippen LogP contribution in [0.15, 0.2) is 46.9 Å². The number of rotatable bonds is 4. The molecule has 1 heterocycles. The van der Waals surface area contributed by atoms with E-state index in [1.807, 2.05) is 13.0 Å². The Labute approximate surface area is 129 Å². The van der Waals surface area contributed by atoms with Gasteiger partial charge in [0.15, 0.2) is 0 Å². The van der Waals surface area contributed by atoms with Crippen molar-refractivity contribution < 1.29 is 14.0 Å². The molecule has 5 nitrogen and oxygen atoms in total. The maximum atomic E-state index is 11.8. The number of anilines is 1. The highest BCUT2D eigenvalue weighted by molar-refractivity contribution is 6.02. The molecule has 0 radical (unpaired) electrons. The van der Waals surface area contributed by atoms with Crippen molar-refractivity contribution in [2.24, 2.45) is 0 Å². The fraction of sp³-hybridized carbons (Fsp3) is 0.176. The standard InChI is InChI=1S/C17H18N2O3/c1-12-4-9-15(22-12)10-11-16(20)18-14-7-5-13(6-8-14)17(21)19(2)3/h4-11H,1-3H3,(H,18,20). The van der Waals surface area contributed by atoms with Crippen molar-refractivity contribution in [3.8, 4) is 0 Å². The van der Waals surface area contributed by atoms with E-state index < -0.39 is 0 Å². The molecule has 0 atom stereocenters. The lowest BCUT2D eigenvalue weighted by atomic mass is 10.2. The van der Waals surface area contributed by atoms with E-state index in [9.17, 15) is 9.59 Å². The summed E-state index contributed by atoms with van der Waals surface area (Å²) < 4.78 is 5.34. The molecule has 1 N–H and O–H groups in total. The van der Waals surface area contributed by atoms with Crippen LogP contribution in [0.5, 0.6) is 0 Å². The molecule has 0 aliphatic carbocycles. The second kappa shape index (κ2) is 6.76. The van der Waals surface area contributed by atoms with Crippen molar-refractivity contribution in [2.45, 2.75) is 6.92 Å². The fourth-order valence-electron chi connectivity index (χ4n) is 1.84. The van der Waals surface area contributed by atoms with Gasteiger partial charge in [-0.2, -0.15) is 0 Å². The van der Waals surface area contributed by atoms with E-state index in [2.05, 4.69) is 5.32 Å². The Bertz CT molecular complexity index is 697. The van der Waals surface area contributed by atoms with Gasteiger partial charge in [-0.25, -0.2) is 0 Å². The molecule has 1 aromatic heterocycles. The molecule has 5 heteroatoms. The smallest absolute Gasteiger partial charge is 0.253 e. The van der Waals surface area contributed by atoms with Gasteiger partial charge in [0.1, 0.15) is 11.5 Å². The molecule has 0 saturated heterocycles.